The molecule has 22 heavy (non-hydrogen) atoms. The first-order chi connectivity index (χ1) is 10.1. The number of nitrogens with zero attached hydrogens (tertiary/aromatic N) is 2. The van der Waals surface area contributed by atoms with Crippen molar-refractivity contribution < 1.29 is 26.4 Å². The molecule has 1 aromatic carbocycles. The van der Waals surface area contributed by atoms with Gasteiger partial charge in [-0.15, -0.1) is 3.89 Å². The second-order valence-corrected chi connectivity index (χ2v) is 6.61. The molecule has 1 aromatic rings. The molecule has 11 heteroatoms. The van der Waals surface area contributed by atoms with Gasteiger partial charge in [-0.3, -0.25) is 14.9 Å². The normalized spacial score (nSPS) is 18.8. The Labute approximate surface area is 128 Å². The van der Waals surface area contributed by atoms with Crippen molar-refractivity contribution >= 4 is 39.1 Å². The maximum Gasteiger partial charge on any atom is 0.302 e. The monoisotopic (exact) mass is 354 g/mol. The summed E-state index contributed by atoms with van der Waals surface area (Å²) in [4.78, 5) is 22.9. The van der Waals surface area contributed by atoms with E-state index >= 15 is 0 Å². The van der Waals surface area contributed by atoms with E-state index in [0.29, 0.717) is 6.07 Å². The molecule has 1 aliphatic rings. The third-order valence-electron chi connectivity index (χ3n) is 3.11. The average molecular weight is 355 g/mol. The van der Waals surface area contributed by atoms with E-state index < -0.39 is 44.2 Å². The number of halogens is 3. The van der Waals surface area contributed by atoms with E-state index in [2.05, 4.69) is 0 Å². The molecular weight excluding hydrogens is 346 g/mol. The summed E-state index contributed by atoms with van der Waals surface area (Å²) in [6.45, 7) is -0.256. The second kappa shape index (κ2) is 5.76. The first-order valence-corrected chi connectivity index (χ1v) is 7.87. The summed E-state index contributed by atoms with van der Waals surface area (Å²) in [6.07, 6.45) is -0.298. The molecule has 0 aromatic heterocycles. The van der Waals surface area contributed by atoms with Crippen molar-refractivity contribution in [3.8, 4) is 0 Å². The molecule has 0 radical (unpaired) electrons. The summed E-state index contributed by atoms with van der Waals surface area (Å²) in [5.74, 6) is -3.33. The third-order valence-corrected chi connectivity index (χ3v) is 4.27. The highest BCUT2D eigenvalue weighted by Gasteiger charge is 2.38. The van der Waals surface area contributed by atoms with Crippen molar-refractivity contribution in [2.45, 2.75) is 6.42 Å². The first-order valence-electron chi connectivity index (χ1n) is 5.94. The minimum atomic E-state index is -4.79. The number of rotatable bonds is 4. The number of nitro benzene ring substituents is 1. The number of carbonyl (C=O) groups excluding carboxylic acids is 1. The topological polar surface area (TPSA) is 97.6 Å². The van der Waals surface area contributed by atoms with Gasteiger partial charge in [0.2, 0.25) is 5.91 Å². The van der Waals surface area contributed by atoms with Crippen molar-refractivity contribution in [1.29, 1.82) is 0 Å². The molecule has 1 atom stereocenters. The van der Waals surface area contributed by atoms with Crippen LogP contribution in [0.4, 0.5) is 19.7 Å². The van der Waals surface area contributed by atoms with E-state index in [4.69, 9.17) is 11.6 Å². The van der Waals surface area contributed by atoms with Gasteiger partial charge in [-0.1, -0.05) is 11.6 Å². The van der Waals surface area contributed by atoms with E-state index in [1.54, 1.807) is 0 Å². The maximum absolute atomic E-state index is 13.2. The van der Waals surface area contributed by atoms with E-state index in [1.807, 2.05) is 0 Å². The summed E-state index contributed by atoms with van der Waals surface area (Å²) in [5.41, 5.74) is -1.04. The molecule has 0 spiro atoms. The zero-order valence-corrected chi connectivity index (χ0v) is 12.4. The number of amides is 1. The standard InChI is InChI=1S/C11H9ClF2N2O5S/c12-8-2-7(13)3-9(16(18)19)11(8)15-4-6(1-10(15)17)5-22(14,20)21/h2-3,6H,1,4-5H2. The summed E-state index contributed by atoms with van der Waals surface area (Å²) in [5, 5.41) is 10.6. The fourth-order valence-electron chi connectivity index (χ4n) is 2.35. The first kappa shape index (κ1) is 16.6. The zero-order valence-electron chi connectivity index (χ0n) is 10.8. The molecule has 0 aliphatic carbocycles. The van der Waals surface area contributed by atoms with Crippen LogP contribution in [-0.4, -0.2) is 31.5 Å². The molecule has 120 valence electrons. The van der Waals surface area contributed by atoms with Crippen molar-refractivity contribution in [3.63, 3.8) is 0 Å². The van der Waals surface area contributed by atoms with Crippen LogP contribution in [0, 0.1) is 21.8 Å². The number of hydrogen-bond acceptors (Lipinski definition) is 5. The fraction of sp³-hybridized carbons (Fsp3) is 0.364. The van der Waals surface area contributed by atoms with E-state index in [1.165, 1.54) is 0 Å². The molecule has 1 saturated heterocycles. The third kappa shape index (κ3) is 3.50. The van der Waals surface area contributed by atoms with Gasteiger partial charge in [-0.2, -0.15) is 8.42 Å². The van der Waals surface area contributed by atoms with E-state index in [0.717, 1.165) is 11.0 Å². The zero-order chi connectivity index (χ0) is 16.7. The molecule has 0 bridgehead atoms. The average Bonchev–Trinajstić information content (AvgIpc) is 2.66. The second-order valence-electron chi connectivity index (χ2n) is 4.79. The van der Waals surface area contributed by atoms with Gasteiger partial charge in [0, 0.05) is 18.9 Å². The van der Waals surface area contributed by atoms with Crippen LogP contribution in [0.2, 0.25) is 5.02 Å². The summed E-state index contributed by atoms with van der Waals surface area (Å²) >= 11 is 5.77. The van der Waals surface area contributed by atoms with E-state index in [-0.39, 0.29) is 23.7 Å². The van der Waals surface area contributed by atoms with Gasteiger partial charge >= 0.3 is 10.2 Å². The van der Waals surface area contributed by atoms with Crippen LogP contribution in [0.1, 0.15) is 6.42 Å². The molecule has 7 nitrogen and oxygen atoms in total. The van der Waals surface area contributed by atoms with Crippen molar-refractivity contribution in [2.75, 3.05) is 17.2 Å². The lowest BCUT2D eigenvalue weighted by atomic mass is 10.1. The number of benzene rings is 1. The molecule has 0 N–H and O–H groups in total. The summed E-state index contributed by atoms with van der Waals surface area (Å²) in [6, 6.07) is 1.41. The number of anilines is 1. The van der Waals surface area contributed by atoms with Gasteiger partial charge in [0.15, 0.2) is 0 Å². The van der Waals surface area contributed by atoms with Gasteiger partial charge < -0.3 is 4.90 Å². The van der Waals surface area contributed by atoms with Gasteiger partial charge in [0.1, 0.15) is 11.5 Å². The molecule has 1 amide bonds. The Morgan fingerprint density at radius 3 is 2.64 bits per heavy atom. The highest BCUT2D eigenvalue weighted by molar-refractivity contribution is 7.86. The smallest absolute Gasteiger partial charge is 0.302 e. The van der Waals surface area contributed by atoms with Crippen LogP contribution in [-0.2, 0) is 15.0 Å². The van der Waals surface area contributed by atoms with Crippen LogP contribution in [0.3, 0.4) is 0 Å². The van der Waals surface area contributed by atoms with Crippen LogP contribution < -0.4 is 4.90 Å². The van der Waals surface area contributed by atoms with Gasteiger partial charge in [0.25, 0.3) is 5.69 Å². The van der Waals surface area contributed by atoms with Gasteiger partial charge in [-0.05, 0) is 6.07 Å². The fourth-order valence-corrected chi connectivity index (χ4v) is 3.44. The lowest BCUT2D eigenvalue weighted by molar-refractivity contribution is -0.384. The van der Waals surface area contributed by atoms with Crippen molar-refractivity contribution in [3.05, 3.63) is 33.1 Å². The van der Waals surface area contributed by atoms with Crippen LogP contribution >= 0.6 is 11.6 Å². The largest absolute Gasteiger partial charge is 0.305 e. The molecule has 1 unspecified atom stereocenters. The Morgan fingerprint density at radius 2 is 2.09 bits per heavy atom. The van der Waals surface area contributed by atoms with E-state index in [9.17, 15) is 31.6 Å². The molecule has 2 rings (SSSR count). The van der Waals surface area contributed by atoms with Crippen molar-refractivity contribution in [2.24, 2.45) is 5.92 Å². The molecule has 0 saturated carbocycles. The number of nitro groups is 1. The molecule has 1 aliphatic heterocycles. The Kier molecular flexibility index (Phi) is 4.34. The predicted octanol–water partition coefficient (Wildman–Crippen LogP) is 2.04. The van der Waals surface area contributed by atoms with Crippen molar-refractivity contribution in [1.82, 2.24) is 0 Å². The van der Waals surface area contributed by atoms with Gasteiger partial charge in [0.05, 0.1) is 21.8 Å². The summed E-state index contributed by atoms with van der Waals surface area (Å²) < 4.78 is 47.2. The Balaban J connectivity index is 2.40. The van der Waals surface area contributed by atoms with Gasteiger partial charge in [-0.25, -0.2) is 4.39 Å². The maximum atomic E-state index is 13.2. The Morgan fingerprint density at radius 1 is 1.45 bits per heavy atom. The molecular formula is C11H9ClF2N2O5S. The van der Waals surface area contributed by atoms with Crippen LogP contribution in [0.25, 0.3) is 0 Å². The minimum Gasteiger partial charge on any atom is -0.305 e. The SMILES string of the molecule is O=C1CC(CS(=O)(=O)F)CN1c1c(Cl)cc(F)cc1[N+](=O)[O-]. The number of carbonyl (C=O) groups is 1. The minimum absolute atomic E-state index is 0.256. The lowest BCUT2D eigenvalue weighted by Gasteiger charge is -2.18. The van der Waals surface area contributed by atoms with Crippen LogP contribution in [0.15, 0.2) is 12.1 Å². The molecule has 1 heterocycles. The quantitative estimate of drug-likeness (QED) is 0.468. The highest BCUT2D eigenvalue weighted by Crippen LogP contribution is 2.39. The highest BCUT2D eigenvalue weighted by atomic mass is 35.5. The lowest BCUT2D eigenvalue weighted by Crippen LogP contribution is -2.26. The van der Waals surface area contributed by atoms with Crippen LogP contribution in [0.5, 0.6) is 0 Å². The number of hydrogen-bond donors (Lipinski definition) is 0. The Hall–Kier alpha value is -1.81. The Bertz CT molecular complexity index is 755. The summed E-state index contributed by atoms with van der Waals surface area (Å²) in [7, 11) is -4.79. The predicted molar refractivity (Wildman–Crippen MR) is 73.4 cm³/mol. The molecule has 1 fully saturated rings.